The Morgan fingerprint density at radius 3 is 2.31 bits per heavy atom. The van der Waals surface area contributed by atoms with E-state index < -0.39 is 48.1 Å². The fourth-order valence-corrected chi connectivity index (χ4v) is 3.87. The first-order chi connectivity index (χ1) is 18.5. The number of nitrogens with one attached hydrogen (secondary N) is 2. The van der Waals surface area contributed by atoms with Crippen molar-refractivity contribution in [3.8, 4) is 12.3 Å². The van der Waals surface area contributed by atoms with Gasteiger partial charge < -0.3 is 31.1 Å². The molecule has 5 N–H and O–H groups in total. The van der Waals surface area contributed by atoms with Gasteiger partial charge >= 0.3 is 6.09 Å². The Balaban J connectivity index is 2.49. The molecular formula is C29H36N4O6. The maximum Gasteiger partial charge on any atom is 0.408 e. The second kappa shape index (κ2) is 14.5. The van der Waals surface area contributed by atoms with E-state index in [9.17, 15) is 24.3 Å². The SMILES string of the molecule is C#Cc1ccccc1C(C(=O)NCc1ccccc1)N(CCO)C(=O)C(CCC(N)=O)NC(=O)OC(C)(C)C. The van der Waals surface area contributed by atoms with Crippen molar-refractivity contribution in [2.24, 2.45) is 5.73 Å². The smallest absolute Gasteiger partial charge is 0.408 e. The van der Waals surface area contributed by atoms with Gasteiger partial charge in [0.2, 0.25) is 17.7 Å². The van der Waals surface area contributed by atoms with E-state index in [1.54, 1.807) is 45.0 Å². The molecule has 0 bridgehead atoms. The van der Waals surface area contributed by atoms with E-state index in [1.807, 2.05) is 30.3 Å². The molecule has 39 heavy (non-hydrogen) atoms. The monoisotopic (exact) mass is 536 g/mol. The van der Waals surface area contributed by atoms with Crippen molar-refractivity contribution >= 4 is 23.8 Å². The molecule has 0 radical (unpaired) electrons. The molecule has 0 heterocycles. The van der Waals surface area contributed by atoms with Gasteiger partial charge in [0.15, 0.2) is 0 Å². The molecular weight excluding hydrogens is 500 g/mol. The minimum atomic E-state index is -1.28. The minimum Gasteiger partial charge on any atom is -0.444 e. The van der Waals surface area contributed by atoms with Gasteiger partial charge in [-0.15, -0.1) is 6.42 Å². The first-order valence-electron chi connectivity index (χ1n) is 12.5. The lowest BCUT2D eigenvalue weighted by molar-refractivity contribution is -0.143. The molecule has 2 aromatic carbocycles. The lowest BCUT2D eigenvalue weighted by atomic mass is 9.97. The van der Waals surface area contributed by atoms with Crippen molar-refractivity contribution in [2.45, 2.75) is 57.8 Å². The van der Waals surface area contributed by atoms with Gasteiger partial charge in [0, 0.05) is 25.1 Å². The van der Waals surface area contributed by atoms with Crippen LogP contribution in [0.5, 0.6) is 0 Å². The fraction of sp³-hybridized carbons (Fsp3) is 0.379. The minimum absolute atomic E-state index is 0.148. The van der Waals surface area contributed by atoms with Gasteiger partial charge in [-0.2, -0.15) is 0 Å². The average molecular weight is 537 g/mol. The molecule has 2 unspecified atom stereocenters. The second-order valence-corrected chi connectivity index (χ2v) is 9.80. The summed E-state index contributed by atoms with van der Waals surface area (Å²) in [6.07, 6.45) is 4.46. The van der Waals surface area contributed by atoms with Gasteiger partial charge in [-0.3, -0.25) is 14.4 Å². The maximum atomic E-state index is 13.9. The Hall–Kier alpha value is -4.36. The molecule has 0 spiro atoms. The Morgan fingerprint density at radius 1 is 1.08 bits per heavy atom. The van der Waals surface area contributed by atoms with E-state index in [0.29, 0.717) is 11.1 Å². The average Bonchev–Trinajstić information content (AvgIpc) is 2.88. The van der Waals surface area contributed by atoms with Crippen LogP contribution in [0.3, 0.4) is 0 Å². The van der Waals surface area contributed by atoms with Crippen LogP contribution in [0, 0.1) is 12.3 Å². The van der Waals surface area contributed by atoms with Crippen LogP contribution in [-0.4, -0.2) is 58.6 Å². The van der Waals surface area contributed by atoms with Gasteiger partial charge in [0.25, 0.3) is 0 Å². The van der Waals surface area contributed by atoms with Crippen molar-refractivity contribution in [1.29, 1.82) is 0 Å². The van der Waals surface area contributed by atoms with Crippen LogP contribution in [-0.2, 0) is 25.7 Å². The number of carbonyl (C=O) groups is 4. The largest absolute Gasteiger partial charge is 0.444 e. The number of nitrogens with two attached hydrogens (primary N) is 1. The Kier molecular flexibility index (Phi) is 11.5. The highest BCUT2D eigenvalue weighted by molar-refractivity contribution is 5.93. The maximum absolute atomic E-state index is 13.9. The third-order valence-corrected chi connectivity index (χ3v) is 5.57. The number of terminal acetylenes is 1. The Labute approximate surface area is 228 Å². The summed E-state index contributed by atoms with van der Waals surface area (Å²) >= 11 is 0. The van der Waals surface area contributed by atoms with Gasteiger partial charge in [-0.1, -0.05) is 54.5 Å². The number of amides is 4. The van der Waals surface area contributed by atoms with Crippen molar-refractivity contribution in [3.63, 3.8) is 0 Å². The molecule has 4 amide bonds. The van der Waals surface area contributed by atoms with Gasteiger partial charge in [0.1, 0.15) is 17.7 Å². The predicted molar refractivity (Wildman–Crippen MR) is 146 cm³/mol. The number of hydrogen-bond acceptors (Lipinski definition) is 6. The molecule has 0 aliphatic heterocycles. The third kappa shape index (κ3) is 9.79. The molecule has 0 aliphatic carbocycles. The summed E-state index contributed by atoms with van der Waals surface area (Å²) in [7, 11) is 0. The topological polar surface area (TPSA) is 151 Å². The summed E-state index contributed by atoms with van der Waals surface area (Å²) in [6.45, 7) is 4.42. The number of aliphatic hydroxyl groups is 1. The predicted octanol–water partition coefficient (Wildman–Crippen LogP) is 2.01. The quantitative estimate of drug-likeness (QED) is 0.305. The van der Waals surface area contributed by atoms with E-state index in [0.717, 1.165) is 10.5 Å². The summed E-state index contributed by atoms with van der Waals surface area (Å²) in [5.74, 6) is 0.592. The van der Waals surface area contributed by atoms with E-state index >= 15 is 0 Å². The number of primary amides is 1. The first-order valence-corrected chi connectivity index (χ1v) is 12.5. The molecule has 2 rings (SSSR count). The van der Waals surface area contributed by atoms with Crippen molar-refractivity contribution in [2.75, 3.05) is 13.2 Å². The molecule has 0 saturated heterocycles. The number of rotatable bonds is 12. The van der Waals surface area contributed by atoms with Gasteiger partial charge in [-0.05, 0) is 44.4 Å². The molecule has 208 valence electrons. The lowest BCUT2D eigenvalue weighted by Crippen LogP contribution is -2.54. The van der Waals surface area contributed by atoms with Crippen LogP contribution >= 0.6 is 0 Å². The molecule has 0 aromatic heterocycles. The summed E-state index contributed by atoms with van der Waals surface area (Å²) in [6, 6.07) is 13.3. The van der Waals surface area contributed by atoms with Crippen molar-refractivity contribution < 1.29 is 29.0 Å². The fourth-order valence-electron chi connectivity index (χ4n) is 3.87. The van der Waals surface area contributed by atoms with E-state index in [-0.39, 0.29) is 25.9 Å². The Morgan fingerprint density at radius 2 is 1.72 bits per heavy atom. The third-order valence-electron chi connectivity index (χ3n) is 5.57. The number of benzene rings is 2. The zero-order valence-corrected chi connectivity index (χ0v) is 22.5. The highest BCUT2D eigenvalue weighted by Crippen LogP contribution is 2.26. The molecule has 10 nitrogen and oxygen atoms in total. The standard InChI is InChI=1S/C29H36N4O6/c1-5-21-13-9-10-14-22(21)25(26(36)31-19-20-11-7-6-8-12-20)33(17-18-34)27(37)23(15-16-24(30)35)32-28(38)39-29(2,3)4/h1,6-14,23,25,34H,15-19H2,2-4H3,(H2,30,35)(H,31,36)(H,32,38). The van der Waals surface area contributed by atoms with Crippen LogP contribution in [0.4, 0.5) is 4.79 Å². The molecule has 0 aliphatic rings. The Bertz CT molecular complexity index is 1190. The number of ether oxygens (including phenoxy) is 1. The number of aliphatic hydroxyl groups excluding tert-OH is 1. The summed E-state index contributed by atoms with van der Waals surface area (Å²) < 4.78 is 5.29. The van der Waals surface area contributed by atoms with Crippen molar-refractivity contribution in [1.82, 2.24) is 15.5 Å². The normalized spacial score (nSPS) is 12.4. The highest BCUT2D eigenvalue weighted by Gasteiger charge is 2.37. The highest BCUT2D eigenvalue weighted by atomic mass is 16.6. The van der Waals surface area contributed by atoms with E-state index in [2.05, 4.69) is 16.6 Å². The van der Waals surface area contributed by atoms with Gasteiger partial charge in [-0.25, -0.2) is 4.79 Å². The van der Waals surface area contributed by atoms with Crippen LogP contribution in [0.2, 0.25) is 0 Å². The number of hydrogen-bond donors (Lipinski definition) is 4. The van der Waals surface area contributed by atoms with Crippen LogP contribution in [0.25, 0.3) is 0 Å². The van der Waals surface area contributed by atoms with Crippen LogP contribution in [0.1, 0.15) is 56.3 Å². The van der Waals surface area contributed by atoms with Crippen molar-refractivity contribution in [3.05, 3.63) is 71.3 Å². The summed E-state index contributed by atoms with van der Waals surface area (Å²) in [4.78, 5) is 52.8. The molecule has 0 fully saturated rings. The molecule has 10 heteroatoms. The summed E-state index contributed by atoms with van der Waals surface area (Å²) in [5.41, 5.74) is 6.03. The number of nitrogens with zero attached hydrogens (tertiary/aromatic N) is 1. The zero-order valence-electron chi connectivity index (χ0n) is 22.5. The zero-order chi connectivity index (χ0) is 29.0. The first kappa shape index (κ1) is 30.9. The van der Waals surface area contributed by atoms with E-state index in [1.165, 1.54) is 0 Å². The molecule has 0 saturated carbocycles. The van der Waals surface area contributed by atoms with Gasteiger partial charge in [0.05, 0.1) is 6.61 Å². The molecule has 2 atom stereocenters. The number of alkyl carbamates (subject to hydrolysis) is 1. The second-order valence-electron chi connectivity index (χ2n) is 9.80. The van der Waals surface area contributed by atoms with E-state index in [4.69, 9.17) is 16.9 Å². The van der Waals surface area contributed by atoms with Crippen LogP contribution in [0.15, 0.2) is 54.6 Å². The number of carbonyl (C=O) groups excluding carboxylic acids is 4. The van der Waals surface area contributed by atoms with Crippen LogP contribution < -0.4 is 16.4 Å². The molecule has 2 aromatic rings. The summed E-state index contributed by atoms with van der Waals surface area (Å²) in [5, 5.41) is 15.2. The lowest BCUT2D eigenvalue weighted by Gasteiger charge is -2.34.